The van der Waals surface area contributed by atoms with Gasteiger partial charge in [-0.25, -0.2) is 13.6 Å². The van der Waals surface area contributed by atoms with Crippen molar-refractivity contribution in [2.45, 2.75) is 43.5 Å². The van der Waals surface area contributed by atoms with Crippen LogP contribution in [0.1, 0.15) is 43.0 Å². The van der Waals surface area contributed by atoms with Gasteiger partial charge in [-0.05, 0) is 53.4 Å². The third-order valence-corrected chi connectivity index (χ3v) is 5.10. The number of halogens is 1. The molecular formula is C14H19BrN2O3S. The first-order valence-corrected chi connectivity index (χ1v) is 9.32. The fourth-order valence-electron chi connectivity index (χ4n) is 2.16. The van der Waals surface area contributed by atoms with E-state index in [1.165, 1.54) is 12.1 Å². The first kappa shape index (κ1) is 16.5. The van der Waals surface area contributed by atoms with Gasteiger partial charge >= 0.3 is 0 Å². The number of rotatable bonds is 6. The van der Waals surface area contributed by atoms with Gasteiger partial charge in [-0.1, -0.05) is 13.3 Å². The third kappa shape index (κ3) is 4.05. The standard InChI is InChI=1S/C14H19BrN2O3S/c1-2-3-8-17(10-4-5-10)14(18)12-9-11(21(16,19)20)6-7-13(12)15/h6-7,9-10H,2-5,8H2,1H3,(H2,16,19,20). The number of nitrogens with zero attached hydrogens (tertiary/aromatic N) is 1. The summed E-state index contributed by atoms with van der Waals surface area (Å²) in [5.41, 5.74) is 0.351. The summed E-state index contributed by atoms with van der Waals surface area (Å²) in [5, 5.41) is 5.14. The molecule has 116 valence electrons. The lowest BCUT2D eigenvalue weighted by Gasteiger charge is -2.23. The molecule has 2 N–H and O–H groups in total. The van der Waals surface area contributed by atoms with Crippen molar-refractivity contribution in [3.8, 4) is 0 Å². The van der Waals surface area contributed by atoms with Crippen LogP contribution >= 0.6 is 15.9 Å². The van der Waals surface area contributed by atoms with Gasteiger partial charge < -0.3 is 4.90 Å². The van der Waals surface area contributed by atoms with E-state index in [2.05, 4.69) is 22.9 Å². The Kier molecular flexibility index (Phi) is 5.06. The fraction of sp³-hybridized carbons (Fsp3) is 0.500. The molecule has 1 aliphatic carbocycles. The number of primary sulfonamides is 1. The van der Waals surface area contributed by atoms with Crippen LogP contribution < -0.4 is 5.14 Å². The van der Waals surface area contributed by atoms with Crippen molar-refractivity contribution < 1.29 is 13.2 Å². The molecule has 0 heterocycles. The predicted molar refractivity (Wildman–Crippen MR) is 84.5 cm³/mol. The van der Waals surface area contributed by atoms with Gasteiger partial charge in [-0.2, -0.15) is 0 Å². The molecule has 1 saturated carbocycles. The van der Waals surface area contributed by atoms with E-state index >= 15 is 0 Å². The van der Waals surface area contributed by atoms with Crippen LogP contribution in [0, 0.1) is 0 Å². The highest BCUT2D eigenvalue weighted by Gasteiger charge is 2.33. The molecule has 2 rings (SSSR count). The second-order valence-electron chi connectivity index (χ2n) is 5.27. The van der Waals surface area contributed by atoms with Crippen molar-refractivity contribution in [2.75, 3.05) is 6.54 Å². The molecule has 0 radical (unpaired) electrons. The Morgan fingerprint density at radius 3 is 2.62 bits per heavy atom. The Balaban J connectivity index is 2.32. The summed E-state index contributed by atoms with van der Waals surface area (Å²) < 4.78 is 23.5. The van der Waals surface area contributed by atoms with Crippen LogP contribution in [-0.2, 0) is 10.0 Å². The lowest BCUT2D eigenvalue weighted by molar-refractivity contribution is 0.0739. The van der Waals surface area contributed by atoms with Gasteiger partial charge in [0.05, 0.1) is 10.5 Å². The first-order chi connectivity index (χ1) is 9.84. The van der Waals surface area contributed by atoms with Crippen LogP contribution in [0.2, 0.25) is 0 Å². The lowest BCUT2D eigenvalue weighted by Crippen LogP contribution is -2.34. The largest absolute Gasteiger partial charge is 0.336 e. The molecule has 0 aliphatic heterocycles. The minimum absolute atomic E-state index is 0.0414. The number of carbonyl (C=O) groups excluding carboxylic acids is 1. The number of benzene rings is 1. The maximum absolute atomic E-state index is 12.7. The zero-order valence-corrected chi connectivity index (χ0v) is 14.3. The predicted octanol–water partition coefficient (Wildman–Crippen LogP) is 2.50. The van der Waals surface area contributed by atoms with E-state index in [1.807, 2.05) is 4.90 Å². The van der Waals surface area contributed by atoms with Crippen LogP contribution in [0.25, 0.3) is 0 Å². The van der Waals surface area contributed by atoms with Crippen molar-refractivity contribution in [3.63, 3.8) is 0 Å². The van der Waals surface area contributed by atoms with Crippen LogP contribution in [0.3, 0.4) is 0 Å². The van der Waals surface area contributed by atoms with Crippen molar-refractivity contribution in [1.29, 1.82) is 0 Å². The van der Waals surface area contributed by atoms with E-state index in [4.69, 9.17) is 5.14 Å². The Morgan fingerprint density at radius 1 is 1.43 bits per heavy atom. The Hall–Kier alpha value is -0.920. The lowest BCUT2D eigenvalue weighted by atomic mass is 10.2. The minimum Gasteiger partial charge on any atom is -0.336 e. The highest BCUT2D eigenvalue weighted by Crippen LogP contribution is 2.30. The molecule has 0 unspecified atom stereocenters. The minimum atomic E-state index is -3.81. The number of unbranched alkanes of at least 4 members (excludes halogenated alkanes) is 1. The summed E-state index contributed by atoms with van der Waals surface area (Å²) in [6.45, 7) is 2.78. The van der Waals surface area contributed by atoms with Crippen LogP contribution in [-0.4, -0.2) is 31.8 Å². The summed E-state index contributed by atoms with van der Waals surface area (Å²) in [4.78, 5) is 14.5. The summed E-state index contributed by atoms with van der Waals surface area (Å²) in [6, 6.07) is 4.58. The highest BCUT2D eigenvalue weighted by molar-refractivity contribution is 9.10. The van der Waals surface area contributed by atoms with Gasteiger partial charge in [0.25, 0.3) is 5.91 Å². The van der Waals surface area contributed by atoms with Crippen molar-refractivity contribution in [3.05, 3.63) is 28.2 Å². The molecular weight excluding hydrogens is 356 g/mol. The highest BCUT2D eigenvalue weighted by atomic mass is 79.9. The quantitative estimate of drug-likeness (QED) is 0.830. The van der Waals surface area contributed by atoms with Gasteiger partial charge in [0.2, 0.25) is 10.0 Å². The van der Waals surface area contributed by atoms with E-state index < -0.39 is 10.0 Å². The van der Waals surface area contributed by atoms with Gasteiger partial charge in [-0.15, -0.1) is 0 Å². The van der Waals surface area contributed by atoms with E-state index in [0.29, 0.717) is 16.6 Å². The molecule has 0 saturated heterocycles. The average molecular weight is 375 g/mol. The van der Waals surface area contributed by atoms with Crippen LogP contribution in [0.4, 0.5) is 0 Å². The van der Waals surface area contributed by atoms with Gasteiger partial charge in [-0.3, -0.25) is 4.79 Å². The second kappa shape index (κ2) is 6.46. The fourth-order valence-corrected chi connectivity index (χ4v) is 3.12. The molecule has 1 aromatic rings. The number of nitrogens with two attached hydrogens (primary N) is 1. The van der Waals surface area contributed by atoms with Gasteiger partial charge in [0, 0.05) is 17.1 Å². The maximum Gasteiger partial charge on any atom is 0.255 e. The van der Waals surface area contributed by atoms with Crippen molar-refractivity contribution in [2.24, 2.45) is 5.14 Å². The van der Waals surface area contributed by atoms with Gasteiger partial charge in [0.1, 0.15) is 0 Å². The third-order valence-electron chi connectivity index (χ3n) is 3.50. The van der Waals surface area contributed by atoms with E-state index in [9.17, 15) is 13.2 Å². The van der Waals surface area contributed by atoms with E-state index in [0.717, 1.165) is 25.7 Å². The van der Waals surface area contributed by atoms with Gasteiger partial charge in [0.15, 0.2) is 0 Å². The number of sulfonamides is 1. The molecule has 5 nitrogen and oxygen atoms in total. The zero-order chi connectivity index (χ0) is 15.6. The summed E-state index contributed by atoms with van der Waals surface area (Å²) in [5.74, 6) is -0.136. The molecule has 1 aromatic carbocycles. The molecule has 21 heavy (non-hydrogen) atoms. The first-order valence-electron chi connectivity index (χ1n) is 6.98. The van der Waals surface area contributed by atoms with Crippen LogP contribution in [0.15, 0.2) is 27.6 Å². The molecule has 0 atom stereocenters. The number of amides is 1. The summed E-state index contributed by atoms with van der Waals surface area (Å²) in [6.07, 6.45) is 3.98. The molecule has 0 spiro atoms. The summed E-state index contributed by atoms with van der Waals surface area (Å²) in [7, 11) is -3.81. The second-order valence-corrected chi connectivity index (χ2v) is 7.69. The van der Waals surface area contributed by atoms with E-state index in [1.54, 1.807) is 6.07 Å². The SMILES string of the molecule is CCCCN(C(=O)c1cc(S(N)(=O)=O)ccc1Br)C1CC1. The Morgan fingerprint density at radius 2 is 2.10 bits per heavy atom. The Bertz CT molecular complexity index is 642. The number of carbonyl (C=O) groups is 1. The normalized spacial score (nSPS) is 15.0. The maximum atomic E-state index is 12.7. The van der Waals surface area contributed by atoms with Crippen LogP contribution in [0.5, 0.6) is 0 Å². The zero-order valence-electron chi connectivity index (χ0n) is 11.9. The van der Waals surface area contributed by atoms with Crippen molar-refractivity contribution in [1.82, 2.24) is 4.90 Å². The summed E-state index contributed by atoms with van der Waals surface area (Å²) >= 11 is 3.32. The number of hydrogen-bond donors (Lipinski definition) is 1. The molecule has 1 fully saturated rings. The number of hydrogen-bond acceptors (Lipinski definition) is 3. The Labute approximate surface area is 133 Å². The average Bonchev–Trinajstić information content (AvgIpc) is 3.22. The monoisotopic (exact) mass is 374 g/mol. The molecule has 0 aromatic heterocycles. The van der Waals surface area contributed by atoms with Crippen molar-refractivity contribution >= 4 is 31.9 Å². The smallest absolute Gasteiger partial charge is 0.255 e. The van der Waals surface area contributed by atoms with E-state index in [-0.39, 0.29) is 16.8 Å². The molecule has 0 bridgehead atoms. The molecule has 1 aliphatic rings. The molecule has 7 heteroatoms. The molecule has 1 amide bonds. The topological polar surface area (TPSA) is 80.5 Å².